The van der Waals surface area contributed by atoms with Gasteiger partial charge in [0.2, 0.25) is 0 Å². The van der Waals surface area contributed by atoms with Crippen molar-refractivity contribution < 1.29 is 8.78 Å². The molecule has 1 fully saturated rings. The lowest BCUT2D eigenvalue weighted by Gasteiger charge is -2.31. The van der Waals surface area contributed by atoms with Crippen molar-refractivity contribution in [3.8, 4) is 0 Å². The molecule has 28 heavy (non-hydrogen) atoms. The van der Waals surface area contributed by atoms with Crippen molar-refractivity contribution in [3.63, 3.8) is 0 Å². The van der Waals surface area contributed by atoms with E-state index in [1.54, 1.807) is 12.4 Å². The van der Waals surface area contributed by atoms with Crippen LogP contribution in [0.25, 0.3) is 0 Å². The molecule has 0 unspecified atom stereocenters. The van der Waals surface area contributed by atoms with Crippen LogP contribution >= 0.6 is 0 Å². The number of alkyl halides is 2. The largest absolute Gasteiger partial charge is 0.369 e. The summed E-state index contributed by atoms with van der Waals surface area (Å²) in [4.78, 5) is 15.3. The fourth-order valence-electron chi connectivity index (χ4n) is 4.15. The molecule has 2 aromatic heterocycles. The molecular weight excluding hydrogens is 360 g/mol. The van der Waals surface area contributed by atoms with Crippen molar-refractivity contribution in [2.45, 2.75) is 57.9 Å². The zero-order chi connectivity index (χ0) is 19.6. The molecule has 5 nitrogen and oxygen atoms in total. The van der Waals surface area contributed by atoms with Gasteiger partial charge < -0.3 is 10.2 Å². The monoisotopic (exact) mass is 387 g/mol. The molecule has 2 aromatic rings. The first-order chi connectivity index (χ1) is 13.5. The van der Waals surface area contributed by atoms with Crippen LogP contribution in [0, 0.1) is 5.92 Å². The zero-order valence-electron chi connectivity index (χ0n) is 16.3. The Morgan fingerprint density at radius 1 is 1.14 bits per heavy atom. The third kappa shape index (κ3) is 4.23. The first-order valence-corrected chi connectivity index (χ1v) is 10.2. The van der Waals surface area contributed by atoms with Crippen molar-refractivity contribution >= 4 is 11.6 Å². The highest BCUT2D eigenvalue weighted by molar-refractivity contribution is 5.52. The van der Waals surface area contributed by atoms with Crippen molar-refractivity contribution in [2.24, 2.45) is 5.92 Å². The van der Waals surface area contributed by atoms with E-state index >= 15 is 0 Å². The van der Waals surface area contributed by atoms with Crippen LogP contribution in [0.3, 0.4) is 0 Å². The molecule has 0 atom stereocenters. The second kappa shape index (κ2) is 7.97. The number of anilines is 2. The number of halogens is 2. The number of fused-ring (bicyclic) bond motifs is 1. The van der Waals surface area contributed by atoms with E-state index in [0.717, 1.165) is 43.5 Å². The molecule has 0 saturated heterocycles. The molecule has 0 amide bonds. The molecule has 0 radical (unpaired) electrons. The summed E-state index contributed by atoms with van der Waals surface area (Å²) < 4.78 is 26.9. The van der Waals surface area contributed by atoms with Gasteiger partial charge in [0.25, 0.3) is 5.92 Å². The second-order valence-electron chi connectivity index (χ2n) is 8.00. The van der Waals surface area contributed by atoms with Crippen molar-refractivity contribution in [1.82, 2.24) is 15.0 Å². The van der Waals surface area contributed by atoms with Gasteiger partial charge in [0.1, 0.15) is 18.0 Å². The van der Waals surface area contributed by atoms with E-state index in [1.807, 2.05) is 0 Å². The number of pyridine rings is 1. The Bertz CT molecular complexity index is 797. The van der Waals surface area contributed by atoms with Crippen LogP contribution in [0.15, 0.2) is 24.7 Å². The first-order valence-electron chi connectivity index (χ1n) is 10.2. The number of rotatable bonds is 5. The highest BCUT2D eigenvalue weighted by Gasteiger charge is 2.26. The van der Waals surface area contributed by atoms with E-state index in [2.05, 4.69) is 25.2 Å². The normalized spacial score (nSPS) is 18.0. The molecular formula is C21H27F2N5. The summed E-state index contributed by atoms with van der Waals surface area (Å²) >= 11 is 0. The summed E-state index contributed by atoms with van der Waals surface area (Å²) in [5.74, 6) is -0.550. The lowest BCUT2D eigenvalue weighted by atomic mass is 9.89. The highest BCUT2D eigenvalue weighted by Crippen LogP contribution is 2.30. The fraction of sp³-hybridized carbons (Fsp3) is 0.571. The van der Waals surface area contributed by atoms with Crippen molar-refractivity contribution in [3.05, 3.63) is 41.5 Å². The van der Waals surface area contributed by atoms with E-state index in [-0.39, 0.29) is 5.56 Å². The van der Waals surface area contributed by atoms with Crippen molar-refractivity contribution in [1.29, 1.82) is 0 Å². The van der Waals surface area contributed by atoms with Crippen LogP contribution in [0.5, 0.6) is 0 Å². The van der Waals surface area contributed by atoms with E-state index in [1.165, 1.54) is 44.4 Å². The van der Waals surface area contributed by atoms with Gasteiger partial charge in [0, 0.05) is 50.3 Å². The third-order valence-corrected chi connectivity index (χ3v) is 5.86. The Hall–Kier alpha value is -2.31. The van der Waals surface area contributed by atoms with Crippen LogP contribution < -0.4 is 10.2 Å². The Morgan fingerprint density at radius 2 is 1.96 bits per heavy atom. The minimum absolute atomic E-state index is 0.0631. The summed E-state index contributed by atoms with van der Waals surface area (Å²) in [6.07, 6.45) is 10.3. The number of nitrogens with one attached hydrogen (secondary N) is 1. The van der Waals surface area contributed by atoms with Crippen LogP contribution in [-0.4, -0.2) is 28.0 Å². The summed E-state index contributed by atoms with van der Waals surface area (Å²) in [6, 6.07) is 3.14. The molecule has 3 heterocycles. The van der Waals surface area contributed by atoms with Crippen LogP contribution in [-0.2, 0) is 18.9 Å². The number of hydrogen-bond donors (Lipinski definition) is 1. The van der Waals surface area contributed by atoms with E-state index < -0.39 is 5.92 Å². The van der Waals surface area contributed by atoms with Crippen LogP contribution in [0.4, 0.5) is 20.4 Å². The predicted molar refractivity (Wildman–Crippen MR) is 106 cm³/mol. The Balaban J connectivity index is 1.47. The number of aromatic nitrogens is 3. The van der Waals surface area contributed by atoms with E-state index in [0.29, 0.717) is 18.3 Å². The minimum Gasteiger partial charge on any atom is -0.369 e. The van der Waals surface area contributed by atoms with Gasteiger partial charge in [-0.3, -0.25) is 0 Å². The van der Waals surface area contributed by atoms with Gasteiger partial charge in [-0.05, 0) is 30.9 Å². The zero-order valence-corrected chi connectivity index (χ0v) is 16.3. The van der Waals surface area contributed by atoms with Gasteiger partial charge in [-0.1, -0.05) is 19.3 Å². The van der Waals surface area contributed by atoms with Crippen LogP contribution in [0.1, 0.15) is 55.8 Å². The SMILES string of the molecule is CC(F)(F)c1ccc(N2CCc3ncnc(NCC4CCCCC4)c3C2)nc1. The third-order valence-electron chi connectivity index (χ3n) is 5.86. The van der Waals surface area contributed by atoms with E-state index in [9.17, 15) is 8.78 Å². The average molecular weight is 387 g/mol. The van der Waals surface area contributed by atoms with Gasteiger partial charge in [-0.25, -0.2) is 23.7 Å². The van der Waals surface area contributed by atoms with E-state index in [4.69, 9.17) is 0 Å². The topological polar surface area (TPSA) is 53.9 Å². The quantitative estimate of drug-likeness (QED) is 0.816. The maximum absolute atomic E-state index is 13.4. The lowest BCUT2D eigenvalue weighted by molar-refractivity contribution is 0.0171. The van der Waals surface area contributed by atoms with Gasteiger partial charge in [-0.15, -0.1) is 0 Å². The Kier molecular flexibility index (Phi) is 5.42. The minimum atomic E-state index is -2.87. The standard InChI is InChI=1S/C21H27F2N5/c1-21(22,23)16-7-8-19(24-12-16)28-10-9-18-17(13-28)20(27-14-26-18)25-11-15-5-3-2-4-6-15/h7-8,12,14-15H,2-6,9-11,13H2,1H3,(H,25,26,27). The molecule has 2 aliphatic rings. The van der Waals surface area contributed by atoms with Gasteiger partial charge in [-0.2, -0.15) is 0 Å². The van der Waals surface area contributed by atoms with Gasteiger partial charge in [0.15, 0.2) is 0 Å². The summed E-state index contributed by atoms with van der Waals surface area (Å²) in [7, 11) is 0. The lowest BCUT2D eigenvalue weighted by Crippen LogP contribution is -2.33. The molecule has 1 N–H and O–H groups in total. The summed E-state index contributed by atoms with van der Waals surface area (Å²) in [5, 5.41) is 3.55. The Labute approximate surface area is 164 Å². The summed E-state index contributed by atoms with van der Waals surface area (Å²) in [5.41, 5.74) is 2.09. The maximum atomic E-state index is 13.4. The summed E-state index contributed by atoms with van der Waals surface area (Å²) in [6.45, 7) is 3.24. The maximum Gasteiger partial charge on any atom is 0.272 e. The fourth-order valence-corrected chi connectivity index (χ4v) is 4.15. The molecule has 0 aromatic carbocycles. The van der Waals surface area contributed by atoms with Gasteiger partial charge in [0.05, 0.1) is 5.69 Å². The van der Waals surface area contributed by atoms with Crippen LogP contribution in [0.2, 0.25) is 0 Å². The number of hydrogen-bond acceptors (Lipinski definition) is 5. The molecule has 150 valence electrons. The number of nitrogens with zero attached hydrogens (tertiary/aromatic N) is 4. The highest BCUT2D eigenvalue weighted by atomic mass is 19.3. The van der Waals surface area contributed by atoms with Crippen molar-refractivity contribution in [2.75, 3.05) is 23.3 Å². The second-order valence-corrected chi connectivity index (χ2v) is 8.00. The molecule has 1 aliphatic carbocycles. The average Bonchev–Trinajstić information content (AvgIpc) is 2.72. The Morgan fingerprint density at radius 3 is 2.68 bits per heavy atom. The molecule has 1 saturated carbocycles. The predicted octanol–water partition coefficient (Wildman–Crippen LogP) is 4.54. The molecule has 0 spiro atoms. The van der Waals surface area contributed by atoms with Gasteiger partial charge >= 0.3 is 0 Å². The smallest absolute Gasteiger partial charge is 0.272 e. The molecule has 4 rings (SSSR count). The first kappa shape index (κ1) is 19.0. The molecule has 1 aliphatic heterocycles. The molecule has 0 bridgehead atoms. The molecule has 7 heteroatoms.